The summed E-state index contributed by atoms with van der Waals surface area (Å²) in [5, 5.41) is 9.90. The standard InChI is InChI=1S/C10H13N4O7P/c15-5-1-7(21-6(5)2-20-22(17,18)19)14-4-13-8-9(14)11-3-12-10(8)16/h3-7,15H,1-2H2,(H,11,12,16)(H2,17,18,19)/t5-,6-,7-/m1/s1. The molecule has 11 nitrogen and oxygen atoms in total. The van der Waals surface area contributed by atoms with Gasteiger partial charge in [-0.25, -0.2) is 14.5 Å². The summed E-state index contributed by atoms with van der Waals surface area (Å²) >= 11 is 0. The SMILES string of the molecule is O=c1[nH]cnc2c1ncn2[C@H]1C[C@@H](O)[C@@H](COP(=O)(O)O)O1. The maximum atomic E-state index is 11.6. The average Bonchev–Trinajstić information content (AvgIpc) is 3.00. The molecular formula is C10H13N4O7P. The van der Waals surface area contributed by atoms with E-state index in [-0.39, 0.29) is 17.6 Å². The monoisotopic (exact) mass is 332 g/mol. The molecule has 0 saturated carbocycles. The van der Waals surface area contributed by atoms with Gasteiger partial charge in [-0.15, -0.1) is 0 Å². The van der Waals surface area contributed by atoms with Crippen LogP contribution in [0.25, 0.3) is 11.2 Å². The van der Waals surface area contributed by atoms with Gasteiger partial charge < -0.3 is 24.6 Å². The van der Waals surface area contributed by atoms with Crippen LogP contribution >= 0.6 is 7.82 Å². The van der Waals surface area contributed by atoms with Crippen molar-refractivity contribution in [1.82, 2.24) is 19.5 Å². The fraction of sp³-hybridized carbons (Fsp3) is 0.500. The Balaban J connectivity index is 1.80. The molecule has 1 saturated heterocycles. The Morgan fingerprint density at radius 3 is 3.00 bits per heavy atom. The number of hydrogen-bond donors (Lipinski definition) is 4. The van der Waals surface area contributed by atoms with Gasteiger partial charge in [0.15, 0.2) is 11.2 Å². The zero-order chi connectivity index (χ0) is 15.9. The van der Waals surface area contributed by atoms with E-state index in [1.54, 1.807) is 0 Å². The Morgan fingerprint density at radius 1 is 1.50 bits per heavy atom. The van der Waals surface area contributed by atoms with Crippen molar-refractivity contribution in [2.75, 3.05) is 6.61 Å². The number of aromatic nitrogens is 4. The summed E-state index contributed by atoms with van der Waals surface area (Å²) in [5.74, 6) is 0. The third-order valence-corrected chi connectivity index (χ3v) is 3.77. The van der Waals surface area contributed by atoms with Crippen LogP contribution in [0.15, 0.2) is 17.4 Å². The molecular weight excluding hydrogens is 319 g/mol. The van der Waals surface area contributed by atoms with E-state index in [1.165, 1.54) is 17.2 Å². The molecule has 0 radical (unpaired) electrons. The predicted octanol–water partition coefficient (Wildman–Crippen LogP) is -1.12. The van der Waals surface area contributed by atoms with E-state index in [0.29, 0.717) is 0 Å². The first-order valence-corrected chi connectivity index (χ1v) is 7.82. The third-order valence-electron chi connectivity index (χ3n) is 3.29. The number of nitrogens with one attached hydrogen (secondary N) is 1. The van der Waals surface area contributed by atoms with Crippen molar-refractivity contribution in [3.8, 4) is 0 Å². The summed E-state index contributed by atoms with van der Waals surface area (Å²) < 4.78 is 22.0. The van der Waals surface area contributed by atoms with E-state index in [1.807, 2.05) is 0 Å². The van der Waals surface area contributed by atoms with E-state index >= 15 is 0 Å². The van der Waals surface area contributed by atoms with Crippen LogP contribution in [0.2, 0.25) is 0 Å². The van der Waals surface area contributed by atoms with Crippen molar-refractivity contribution in [3.63, 3.8) is 0 Å². The normalized spacial score (nSPS) is 25.9. The van der Waals surface area contributed by atoms with Crippen LogP contribution < -0.4 is 5.56 Å². The Labute approximate surface area is 122 Å². The minimum Gasteiger partial charge on any atom is -0.390 e. The summed E-state index contributed by atoms with van der Waals surface area (Å²) in [4.78, 5) is 39.3. The van der Waals surface area contributed by atoms with Crippen LogP contribution in [-0.2, 0) is 13.8 Å². The van der Waals surface area contributed by atoms with Crippen LogP contribution in [0.1, 0.15) is 12.6 Å². The lowest BCUT2D eigenvalue weighted by Crippen LogP contribution is -2.25. The molecule has 3 atom stereocenters. The molecule has 0 aromatic carbocycles. The summed E-state index contributed by atoms with van der Waals surface area (Å²) in [7, 11) is -4.64. The van der Waals surface area contributed by atoms with Crippen LogP contribution in [-0.4, -0.2) is 53.2 Å². The average molecular weight is 332 g/mol. The highest BCUT2D eigenvalue weighted by atomic mass is 31.2. The van der Waals surface area contributed by atoms with Crippen molar-refractivity contribution in [2.45, 2.75) is 24.9 Å². The highest BCUT2D eigenvalue weighted by Crippen LogP contribution is 2.38. The van der Waals surface area contributed by atoms with Crippen LogP contribution in [0, 0.1) is 0 Å². The molecule has 0 amide bonds. The van der Waals surface area contributed by atoms with E-state index in [4.69, 9.17) is 14.5 Å². The number of rotatable bonds is 4. The van der Waals surface area contributed by atoms with Crippen molar-refractivity contribution in [3.05, 3.63) is 23.0 Å². The summed E-state index contributed by atoms with van der Waals surface area (Å²) in [6.45, 7) is -0.456. The highest BCUT2D eigenvalue weighted by molar-refractivity contribution is 7.46. The van der Waals surface area contributed by atoms with Crippen molar-refractivity contribution < 1.29 is 28.7 Å². The van der Waals surface area contributed by atoms with Crippen LogP contribution in [0.4, 0.5) is 0 Å². The fourth-order valence-electron chi connectivity index (χ4n) is 2.28. The molecule has 0 bridgehead atoms. The Morgan fingerprint density at radius 2 is 2.27 bits per heavy atom. The van der Waals surface area contributed by atoms with Gasteiger partial charge in [-0.05, 0) is 0 Å². The number of fused-ring (bicyclic) bond motifs is 1. The minimum absolute atomic E-state index is 0.135. The zero-order valence-corrected chi connectivity index (χ0v) is 12.0. The van der Waals surface area contributed by atoms with Gasteiger partial charge in [0.25, 0.3) is 5.56 Å². The second-order valence-electron chi connectivity index (χ2n) is 4.77. The number of aromatic amines is 1. The number of ether oxygens (including phenoxy) is 1. The smallest absolute Gasteiger partial charge is 0.390 e. The second-order valence-corrected chi connectivity index (χ2v) is 6.01. The summed E-state index contributed by atoms with van der Waals surface area (Å²) in [6.07, 6.45) is 0.182. The molecule has 12 heteroatoms. The number of hydrogen-bond acceptors (Lipinski definition) is 7. The van der Waals surface area contributed by atoms with Crippen molar-refractivity contribution in [1.29, 1.82) is 0 Å². The molecule has 1 fully saturated rings. The number of nitrogens with zero attached hydrogens (tertiary/aromatic N) is 3. The van der Waals surface area contributed by atoms with Crippen molar-refractivity contribution in [2.24, 2.45) is 0 Å². The molecule has 2 aromatic rings. The number of H-pyrrole nitrogens is 1. The maximum Gasteiger partial charge on any atom is 0.469 e. The van der Waals surface area contributed by atoms with Gasteiger partial charge in [0.05, 0.1) is 25.4 Å². The molecule has 3 rings (SSSR count). The van der Waals surface area contributed by atoms with E-state index in [2.05, 4.69) is 19.5 Å². The molecule has 0 spiro atoms. The van der Waals surface area contributed by atoms with Crippen molar-refractivity contribution >= 4 is 19.0 Å². The molecule has 0 aliphatic carbocycles. The lowest BCUT2D eigenvalue weighted by Gasteiger charge is -2.16. The molecule has 0 unspecified atom stereocenters. The first-order valence-electron chi connectivity index (χ1n) is 6.29. The highest BCUT2D eigenvalue weighted by Gasteiger charge is 2.37. The summed E-state index contributed by atoms with van der Waals surface area (Å²) in [5.41, 5.74) is 0.0247. The number of aliphatic hydroxyl groups excluding tert-OH is 1. The molecule has 2 aromatic heterocycles. The van der Waals surface area contributed by atoms with Crippen LogP contribution in [0.5, 0.6) is 0 Å². The second kappa shape index (κ2) is 5.54. The first-order chi connectivity index (χ1) is 10.3. The third kappa shape index (κ3) is 2.95. The van der Waals surface area contributed by atoms with Gasteiger partial charge in [0, 0.05) is 6.42 Å². The number of phosphoric acid groups is 1. The largest absolute Gasteiger partial charge is 0.469 e. The van der Waals surface area contributed by atoms with E-state index in [0.717, 1.165) is 0 Å². The Hall–Kier alpha value is -1.62. The lowest BCUT2D eigenvalue weighted by molar-refractivity contribution is -0.0424. The van der Waals surface area contributed by atoms with E-state index in [9.17, 15) is 14.5 Å². The topological polar surface area (TPSA) is 160 Å². The number of phosphoric ester groups is 1. The molecule has 22 heavy (non-hydrogen) atoms. The minimum atomic E-state index is -4.64. The quantitative estimate of drug-likeness (QED) is 0.508. The Bertz CT molecular complexity index is 783. The molecule has 120 valence electrons. The fourth-order valence-corrected chi connectivity index (χ4v) is 2.62. The Kier molecular flexibility index (Phi) is 3.85. The van der Waals surface area contributed by atoms with Gasteiger partial charge in [-0.1, -0.05) is 0 Å². The summed E-state index contributed by atoms with van der Waals surface area (Å²) in [6, 6.07) is 0. The van der Waals surface area contributed by atoms with Crippen LogP contribution in [0.3, 0.4) is 0 Å². The maximum absolute atomic E-state index is 11.6. The van der Waals surface area contributed by atoms with Gasteiger partial charge in [0.1, 0.15) is 12.3 Å². The van der Waals surface area contributed by atoms with Gasteiger partial charge >= 0.3 is 7.82 Å². The predicted molar refractivity (Wildman–Crippen MR) is 70.7 cm³/mol. The zero-order valence-electron chi connectivity index (χ0n) is 11.1. The number of imidazole rings is 1. The van der Waals surface area contributed by atoms with Gasteiger partial charge in [-0.2, -0.15) is 0 Å². The number of aliphatic hydroxyl groups is 1. The molecule has 3 heterocycles. The van der Waals surface area contributed by atoms with E-state index < -0.39 is 38.4 Å². The van der Waals surface area contributed by atoms with Gasteiger partial charge in [0.2, 0.25) is 0 Å². The first kappa shape index (κ1) is 15.3. The molecule has 1 aliphatic heterocycles. The lowest BCUT2D eigenvalue weighted by atomic mass is 10.2. The molecule has 1 aliphatic rings. The molecule has 4 N–H and O–H groups in total. The van der Waals surface area contributed by atoms with Gasteiger partial charge in [-0.3, -0.25) is 13.9 Å².